The van der Waals surface area contributed by atoms with Crippen LogP contribution in [0.3, 0.4) is 0 Å². The third-order valence-corrected chi connectivity index (χ3v) is 4.33. The van der Waals surface area contributed by atoms with E-state index in [1.165, 1.54) is 12.8 Å². The van der Waals surface area contributed by atoms with E-state index in [0.29, 0.717) is 6.10 Å². The number of rotatable bonds is 6. The maximum atomic E-state index is 9.42. The molecular formula is C15H24N4O2. The largest absolute Gasteiger partial charge is 0.394 e. The molecule has 2 aliphatic rings. The zero-order valence-corrected chi connectivity index (χ0v) is 12.4. The highest BCUT2D eigenvalue weighted by molar-refractivity contribution is 5.49. The number of ether oxygens (including phenoxy) is 1. The topological polar surface area (TPSA) is 70.5 Å². The van der Waals surface area contributed by atoms with E-state index < -0.39 is 0 Å². The van der Waals surface area contributed by atoms with E-state index in [-0.39, 0.29) is 12.6 Å². The molecule has 2 atom stereocenters. The van der Waals surface area contributed by atoms with Crippen LogP contribution in [0.2, 0.25) is 0 Å². The van der Waals surface area contributed by atoms with Gasteiger partial charge in [-0.25, -0.2) is 9.97 Å². The molecule has 2 N–H and O–H groups in total. The van der Waals surface area contributed by atoms with Crippen molar-refractivity contribution in [1.82, 2.24) is 9.97 Å². The fraction of sp³-hybridized carbons (Fsp3) is 0.733. The molecule has 3 heterocycles. The number of hydrogen-bond donors (Lipinski definition) is 2. The van der Waals surface area contributed by atoms with Crippen molar-refractivity contribution in [3.8, 4) is 0 Å². The summed E-state index contributed by atoms with van der Waals surface area (Å²) < 4.78 is 5.62. The smallest absolute Gasteiger partial charge is 0.134 e. The summed E-state index contributed by atoms with van der Waals surface area (Å²) in [7, 11) is 0. The van der Waals surface area contributed by atoms with Crippen molar-refractivity contribution in [2.45, 2.75) is 44.2 Å². The predicted octanol–water partition coefficient (Wildman–Crippen LogP) is 1.42. The molecule has 2 aliphatic heterocycles. The first-order valence-electron chi connectivity index (χ1n) is 7.92. The van der Waals surface area contributed by atoms with E-state index in [0.717, 1.165) is 50.6 Å². The highest BCUT2D eigenvalue weighted by Gasteiger charge is 2.25. The van der Waals surface area contributed by atoms with E-state index in [9.17, 15) is 5.11 Å². The molecule has 0 radical (unpaired) electrons. The maximum absolute atomic E-state index is 9.42. The number of anilines is 2. The van der Waals surface area contributed by atoms with Crippen molar-refractivity contribution >= 4 is 11.6 Å². The SMILES string of the molecule is OC[C@H]1CCCN1c1cc(NCC[C@H]2CCCO2)ncn1. The number of hydrogen-bond acceptors (Lipinski definition) is 6. The minimum Gasteiger partial charge on any atom is -0.394 e. The minimum absolute atomic E-state index is 0.186. The lowest BCUT2D eigenvalue weighted by molar-refractivity contribution is 0.107. The Balaban J connectivity index is 1.55. The van der Waals surface area contributed by atoms with Crippen LogP contribution in [0.1, 0.15) is 32.1 Å². The van der Waals surface area contributed by atoms with Gasteiger partial charge in [0.25, 0.3) is 0 Å². The number of nitrogens with zero attached hydrogens (tertiary/aromatic N) is 3. The first kappa shape index (κ1) is 14.5. The van der Waals surface area contributed by atoms with Crippen molar-refractivity contribution in [2.24, 2.45) is 0 Å². The molecule has 6 heteroatoms. The van der Waals surface area contributed by atoms with E-state index in [1.807, 2.05) is 6.07 Å². The molecule has 0 unspecified atom stereocenters. The second-order valence-corrected chi connectivity index (χ2v) is 5.78. The Morgan fingerprint density at radius 1 is 1.33 bits per heavy atom. The molecule has 0 spiro atoms. The maximum Gasteiger partial charge on any atom is 0.134 e. The van der Waals surface area contributed by atoms with Gasteiger partial charge in [-0.1, -0.05) is 0 Å². The van der Waals surface area contributed by atoms with Crippen molar-refractivity contribution in [2.75, 3.05) is 36.5 Å². The number of aliphatic hydroxyl groups is 1. The Bertz CT molecular complexity index is 451. The van der Waals surface area contributed by atoms with Crippen LogP contribution >= 0.6 is 0 Å². The second-order valence-electron chi connectivity index (χ2n) is 5.78. The van der Waals surface area contributed by atoms with Gasteiger partial charge in [-0.2, -0.15) is 0 Å². The summed E-state index contributed by atoms with van der Waals surface area (Å²) in [6.45, 7) is 2.91. The Labute approximate surface area is 125 Å². The van der Waals surface area contributed by atoms with Crippen LogP contribution in [0.25, 0.3) is 0 Å². The Kier molecular flexibility index (Phi) is 4.87. The lowest BCUT2D eigenvalue weighted by Gasteiger charge is -2.24. The molecule has 116 valence electrons. The molecule has 0 amide bonds. The molecule has 1 aromatic heterocycles. The normalized spacial score (nSPS) is 25.5. The molecule has 21 heavy (non-hydrogen) atoms. The van der Waals surface area contributed by atoms with Crippen LogP contribution in [0.4, 0.5) is 11.6 Å². The van der Waals surface area contributed by atoms with Crippen LogP contribution in [-0.4, -0.2) is 53.5 Å². The molecule has 0 bridgehead atoms. The second kappa shape index (κ2) is 7.04. The van der Waals surface area contributed by atoms with Crippen LogP contribution in [-0.2, 0) is 4.74 Å². The predicted molar refractivity (Wildman–Crippen MR) is 81.6 cm³/mol. The number of aliphatic hydroxyl groups excluding tert-OH is 1. The summed E-state index contributed by atoms with van der Waals surface area (Å²) in [5.41, 5.74) is 0. The highest BCUT2D eigenvalue weighted by Crippen LogP contribution is 2.24. The van der Waals surface area contributed by atoms with Crippen LogP contribution in [0, 0.1) is 0 Å². The molecular weight excluding hydrogens is 268 g/mol. The van der Waals surface area contributed by atoms with Crippen LogP contribution < -0.4 is 10.2 Å². The third-order valence-electron chi connectivity index (χ3n) is 4.33. The number of aromatic nitrogens is 2. The van der Waals surface area contributed by atoms with E-state index in [2.05, 4.69) is 20.2 Å². The van der Waals surface area contributed by atoms with Gasteiger partial charge >= 0.3 is 0 Å². The monoisotopic (exact) mass is 292 g/mol. The van der Waals surface area contributed by atoms with Gasteiger partial charge in [0.2, 0.25) is 0 Å². The molecule has 0 aromatic carbocycles. The standard InChI is InChI=1S/C15H24N4O2/c20-10-12-3-1-7-19(12)15-9-14(17-11-18-15)16-6-5-13-4-2-8-21-13/h9,11-13,20H,1-8,10H2,(H,16,17,18)/t12-,13-/m1/s1. The molecule has 2 fully saturated rings. The lowest BCUT2D eigenvalue weighted by atomic mass is 10.2. The lowest BCUT2D eigenvalue weighted by Crippen LogP contribution is -2.32. The number of nitrogens with one attached hydrogen (secondary N) is 1. The van der Waals surface area contributed by atoms with Crippen molar-refractivity contribution in [3.05, 3.63) is 12.4 Å². The zero-order chi connectivity index (χ0) is 14.5. The molecule has 0 aliphatic carbocycles. The fourth-order valence-electron chi connectivity index (χ4n) is 3.16. The quantitative estimate of drug-likeness (QED) is 0.826. The van der Waals surface area contributed by atoms with Gasteiger partial charge in [-0.15, -0.1) is 0 Å². The molecule has 0 saturated carbocycles. The Morgan fingerprint density at radius 3 is 3.10 bits per heavy atom. The summed E-state index contributed by atoms with van der Waals surface area (Å²) in [4.78, 5) is 10.8. The van der Waals surface area contributed by atoms with Gasteiger partial charge in [0.05, 0.1) is 18.8 Å². The van der Waals surface area contributed by atoms with Gasteiger partial charge < -0.3 is 20.1 Å². The molecule has 3 rings (SSSR count). The fourth-order valence-corrected chi connectivity index (χ4v) is 3.16. The van der Waals surface area contributed by atoms with E-state index in [4.69, 9.17) is 4.74 Å². The summed E-state index contributed by atoms with van der Waals surface area (Å²) in [5, 5.41) is 12.8. The average Bonchev–Trinajstić information content (AvgIpc) is 3.18. The minimum atomic E-state index is 0.186. The molecule has 2 saturated heterocycles. The summed E-state index contributed by atoms with van der Waals surface area (Å²) in [6, 6.07) is 2.17. The Hall–Kier alpha value is -1.40. The third kappa shape index (κ3) is 3.63. The zero-order valence-electron chi connectivity index (χ0n) is 12.4. The van der Waals surface area contributed by atoms with Gasteiger partial charge in [0.15, 0.2) is 0 Å². The van der Waals surface area contributed by atoms with Crippen LogP contribution in [0.5, 0.6) is 0 Å². The average molecular weight is 292 g/mol. The molecule has 1 aromatic rings. The van der Waals surface area contributed by atoms with Crippen LogP contribution in [0.15, 0.2) is 12.4 Å². The van der Waals surface area contributed by atoms with E-state index in [1.54, 1.807) is 6.33 Å². The Morgan fingerprint density at radius 2 is 2.29 bits per heavy atom. The summed E-state index contributed by atoms with van der Waals surface area (Å²) in [6.07, 6.45) is 7.50. The van der Waals surface area contributed by atoms with Gasteiger partial charge in [0.1, 0.15) is 18.0 Å². The van der Waals surface area contributed by atoms with Crippen molar-refractivity contribution in [3.63, 3.8) is 0 Å². The van der Waals surface area contributed by atoms with Gasteiger partial charge in [-0.3, -0.25) is 0 Å². The van der Waals surface area contributed by atoms with Crippen molar-refractivity contribution in [1.29, 1.82) is 0 Å². The first-order chi connectivity index (χ1) is 10.4. The highest BCUT2D eigenvalue weighted by atomic mass is 16.5. The van der Waals surface area contributed by atoms with Gasteiger partial charge in [0, 0.05) is 25.8 Å². The molecule has 6 nitrogen and oxygen atoms in total. The summed E-state index contributed by atoms with van der Waals surface area (Å²) in [5.74, 6) is 1.75. The van der Waals surface area contributed by atoms with E-state index >= 15 is 0 Å². The first-order valence-corrected chi connectivity index (χ1v) is 7.92. The van der Waals surface area contributed by atoms with Gasteiger partial charge in [-0.05, 0) is 32.1 Å². The van der Waals surface area contributed by atoms with Crippen molar-refractivity contribution < 1.29 is 9.84 Å². The summed E-state index contributed by atoms with van der Waals surface area (Å²) >= 11 is 0.